The summed E-state index contributed by atoms with van der Waals surface area (Å²) in [7, 11) is 0. The van der Waals surface area contributed by atoms with Crippen molar-refractivity contribution < 1.29 is 0 Å². The van der Waals surface area contributed by atoms with Crippen molar-refractivity contribution >= 4 is 39.7 Å². The molecule has 1 aromatic carbocycles. The van der Waals surface area contributed by atoms with Crippen molar-refractivity contribution in [2.45, 2.75) is 0 Å². The minimum absolute atomic E-state index is 0.0615. The molecular weight excluding hydrogens is 448 g/mol. The maximum atomic E-state index is 4.73. The van der Waals surface area contributed by atoms with Crippen molar-refractivity contribution in [1.82, 2.24) is 34.5 Å². The summed E-state index contributed by atoms with van der Waals surface area (Å²) < 4.78 is 0.0615. The van der Waals surface area contributed by atoms with Crippen LogP contribution in [0.3, 0.4) is 0 Å². The third-order valence-electron chi connectivity index (χ3n) is 5.19. The first-order valence-electron chi connectivity index (χ1n) is 10.4. The number of pyridine rings is 1. The van der Waals surface area contributed by atoms with Crippen LogP contribution in [0.15, 0.2) is 103 Å². The summed E-state index contributed by atoms with van der Waals surface area (Å²) >= 11 is 1.53. The second kappa shape index (κ2) is 8.46. The second-order valence-corrected chi connectivity index (χ2v) is 8.05. The van der Waals surface area contributed by atoms with Crippen LogP contribution in [0.25, 0.3) is 0 Å². The topological polar surface area (TPSA) is 87.1 Å². The Balaban J connectivity index is 1.68. The van der Waals surface area contributed by atoms with Crippen LogP contribution < -0.4 is 19.8 Å². The average Bonchev–Trinajstić information content (AvgIpc) is 3.58. The number of aromatic nitrogens is 6. The van der Waals surface area contributed by atoms with Crippen LogP contribution in [0.5, 0.6) is 0 Å². The molecule has 6 rings (SSSR count). The number of para-hydroxylation sites is 1. The summed E-state index contributed by atoms with van der Waals surface area (Å²) in [4.78, 5) is 27.5. The van der Waals surface area contributed by atoms with E-state index in [1.807, 2.05) is 75.8 Å². The van der Waals surface area contributed by atoms with Crippen LogP contribution >= 0.6 is 11.3 Å². The quantitative estimate of drug-likeness (QED) is 0.354. The number of hydrazine groups is 2. The standard InChI is InChI=1S/C23H18N10S/c1-2-7-19(8-3-1)33(23-29-15-16-34-23)18-30(20-9-4-5-10-25-20)31(22-27-11-6-12-28-22)32(33)21-17-24-13-14-26-21/h1-18H/q+1. The molecule has 1 aliphatic heterocycles. The summed E-state index contributed by atoms with van der Waals surface area (Å²) in [6.45, 7) is 2.02. The van der Waals surface area contributed by atoms with Crippen molar-refractivity contribution in [3.63, 3.8) is 0 Å². The number of anilines is 3. The molecule has 0 N–H and O–H groups in total. The van der Waals surface area contributed by atoms with E-state index in [4.69, 9.17) is 4.98 Å². The van der Waals surface area contributed by atoms with Crippen molar-refractivity contribution in [3.8, 4) is 0 Å². The predicted molar refractivity (Wildman–Crippen MR) is 130 cm³/mol. The maximum Gasteiger partial charge on any atom is 0.320 e. The largest absolute Gasteiger partial charge is 0.320 e. The van der Waals surface area contributed by atoms with E-state index in [1.54, 1.807) is 49.4 Å². The zero-order valence-corrected chi connectivity index (χ0v) is 18.6. The van der Waals surface area contributed by atoms with Gasteiger partial charge in [-0.25, -0.2) is 19.9 Å². The van der Waals surface area contributed by atoms with E-state index in [9.17, 15) is 0 Å². The third-order valence-corrected chi connectivity index (χ3v) is 6.04. The highest BCUT2D eigenvalue weighted by Crippen LogP contribution is 2.48. The molecule has 5 heterocycles. The van der Waals surface area contributed by atoms with Gasteiger partial charge in [0.25, 0.3) is 12.6 Å². The molecule has 1 fully saturated rings. The molecule has 1 radical (unpaired) electrons. The Bertz CT molecular complexity index is 1340. The minimum Gasteiger partial charge on any atom is -0.259 e. The fourth-order valence-electron chi connectivity index (χ4n) is 3.81. The lowest BCUT2D eigenvalue weighted by atomic mass is 10.3. The number of hydrogen-bond acceptors (Lipinski definition) is 10. The van der Waals surface area contributed by atoms with Crippen LogP contribution in [0.2, 0.25) is 0 Å². The molecule has 0 aliphatic carbocycles. The predicted octanol–water partition coefficient (Wildman–Crippen LogP) is 4.15. The Hall–Kier alpha value is -4.48. The van der Waals surface area contributed by atoms with Crippen molar-refractivity contribution in [3.05, 3.63) is 110 Å². The van der Waals surface area contributed by atoms with Gasteiger partial charge in [0.05, 0.1) is 6.20 Å². The molecule has 1 atom stereocenters. The fourth-order valence-corrected chi connectivity index (χ4v) is 4.57. The van der Waals surface area contributed by atoms with Gasteiger partial charge in [0.15, 0.2) is 11.5 Å². The van der Waals surface area contributed by atoms with Gasteiger partial charge >= 0.3 is 5.13 Å². The fraction of sp³-hybridized carbons (Fsp3) is 0. The number of hydrogen-bond donors (Lipinski definition) is 0. The first kappa shape index (κ1) is 20.1. The normalized spacial score (nSPS) is 17.8. The number of quaternary nitrogens is 1. The van der Waals surface area contributed by atoms with Gasteiger partial charge in [-0.2, -0.15) is 9.99 Å². The van der Waals surface area contributed by atoms with Crippen molar-refractivity contribution in [2.75, 3.05) is 15.2 Å². The SMILES string of the molecule is [CH]1N(c2ccccn2)N(c2ncccn2)N(c2cnccn2)[N+]1(c1ccccc1)c1nccs1. The second-order valence-electron chi connectivity index (χ2n) is 7.17. The zero-order valence-electron chi connectivity index (χ0n) is 17.8. The average molecular weight is 467 g/mol. The highest BCUT2D eigenvalue weighted by Gasteiger charge is 2.59. The third kappa shape index (κ3) is 3.22. The van der Waals surface area contributed by atoms with Gasteiger partial charge in [-0.15, -0.1) is 0 Å². The summed E-state index contributed by atoms with van der Waals surface area (Å²) in [6, 6.07) is 17.6. The minimum atomic E-state index is 0.0615. The molecule has 10 nitrogen and oxygen atoms in total. The van der Waals surface area contributed by atoms with Crippen LogP contribution in [-0.4, -0.2) is 29.9 Å². The molecular formula is C23H18N10S+. The van der Waals surface area contributed by atoms with Crippen LogP contribution in [-0.2, 0) is 0 Å². The van der Waals surface area contributed by atoms with Gasteiger partial charge in [0.2, 0.25) is 5.82 Å². The van der Waals surface area contributed by atoms with Crippen LogP contribution in [0, 0.1) is 6.67 Å². The first-order valence-corrected chi connectivity index (χ1v) is 11.3. The Morgan fingerprint density at radius 1 is 0.676 bits per heavy atom. The monoisotopic (exact) mass is 466 g/mol. The molecule has 34 heavy (non-hydrogen) atoms. The Morgan fingerprint density at radius 2 is 1.47 bits per heavy atom. The molecule has 5 aromatic rings. The molecule has 11 heteroatoms. The smallest absolute Gasteiger partial charge is 0.259 e. The van der Waals surface area contributed by atoms with E-state index in [1.165, 1.54) is 11.3 Å². The van der Waals surface area contributed by atoms with E-state index in [-0.39, 0.29) is 4.59 Å². The zero-order chi connectivity index (χ0) is 22.8. The van der Waals surface area contributed by atoms with Crippen molar-refractivity contribution in [1.29, 1.82) is 0 Å². The molecule has 1 aliphatic rings. The Morgan fingerprint density at radius 3 is 2.18 bits per heavy atom. The number of rotatable bonds is 5. The molecule has 1 unspecified atom stereocenters. The van der Waals surface area contributed by atoms with Gasteiger partial charge in [-0.1, -0.05) is 50.4 Å². The van der Waals surface area contributed by atoms with Gasteiger partial charge in [0, 0.05) is 54.7 Å². The highest BCUT2D eigenvalue weighted by atomic mass is 32.1. The Labute approximate surface area is 199 Å². The number of nitrogens with zero attached hydrogens (tertiary/aromatic N) is 10. The molecule has 0 spiro atoms. The summed E-state index contributed by atoms with van der Waals surface area (Å²) in [5.41, 5.74) is 0.933. The number of thiazole rings is 1. The lowest BCUT2D eigenvalue weighted by Gasteiger charge is -2.36. The van der Waals surface area contributed by atoms with E-state index < -0.39 is 0 Å². The summed E-state index contributed by atoms with van der Waals surface area (Å²) in [6.07, 6.45) is 11.9. The molecule has 165 valence electrons. The van der Waals surface area contributed by atoms with Gasteiger partial charge < -0.3 is 0 Å². The molecule has 0 bridgehead atoms. The van der Waals surface area contributed by atoms with Crippen LogP contribution in [0.1, 0.15) is 0 Å². The number of benzene rings is 1. The molecule has 0 saturated carbocycles. The van der Waals surface area contributed by atoms with E-state index in [0.29, 0.717) is 17.6 Å². The van der Waals surface area contributed by atoms with E-state index in [0.717, 1.165) is 10.8 Å². The Kier molecular flexibility index (Phi) is 5.02. The summed E-state index contributed by atoms with van der Waals surface area (Å²) in [5, 5.41) is 8.43. The lowest BCUT2D eigenvalue weighted by Crippen LogP contribution is -2.58. The summed E-state index contributed by atoms with van der Waals surface area (Å²) in [5.74, 6) is 1.68. The molecule has 0 amide bonds. The maximum absolute atomic E-state index is 4.73. The van der Waals surface area contributed by atoms with E-state index in [2.05, 4.69) is 24.9 Å². The molecule has 4 aromatic heterocycles. The molecule has 1 saturated heterocycles. The van der Waals surface area contributed by atoms with Crippen molar-refractivity contribution in [2.24, 2.45) is 0 Å². The van der Waals surface area contributed by atoms with Gasteiger partial charge in [-0.3, -0.25) is 4.98 Å². The van der Waals surface area contributed by atoms with Gasteiger partial charge in [0.1, 0.15) is 0 Å². The lowest BCUT2D eigenvalue weighted by molar-refractivity contribution is 0.462. The van der Waals surface area contributed by atoms with E-state index >= 15 is 0 Å². The van der Waals surface area contributed by atoms with Gasteiger partial charge in [-0.05, 0) is 18.2 Å². The first-order chi connectivity index (χ1) is 16.9. The highest BCUT2D eigenvalue weighted by molar-refractivity contribution is 7.13. The van der Waals surface area contributed by atoms with Crippen LogP contribution in [0.4, 0.5) is 28.4 Å².